The van der Waals surface area contributed by atoms with Crippen LogP contribution in [0.1, 0.15) is 28.3 Å². The third kappa shape index (κ3) is 3.49. The van der Waals surface area contributed by atoms with E-state index in [4.69, 9.17) is 21.9 Å². The molecule has 2 N–H and O–H groups in total. The number of benzene rings is 1. The molecule has 3 aliphatic rings. The number of hydrogen-bond donors (Lipinski definition) is 2. The van der Waals surface area contributed by atoms with E-state index >= 15 is 0 Å². The van der Waals surface area contributed by atoms with E-state index in [1.165, 1.54) is 17.7 Å². The van der Waals surface area contributed by atoms with Gasteiger partial charge in [-0.2, -0.15) is 0 Å². The van der Waals surface area contributed by atoms with Gasteiger partial charge in [-0.25, -0.2) is 14.4 Å². The lowest BCUT2D eigenvalue weighted by Gasteiger charge is -2.18. The molecule has 182 valence electrons. The van der Waals surface area contributed by atoms with E-state index in [2.05, 4.69) is 45.8 Å². The summed E-state index contributed by atoms with van der Waals surface area (Å²) >= 11 is 5.70. The smallest absolute Gasteiger partial charge is 0.140 e. The van der Waals surface area contributed by atoms with Gasteiger partial charge in [0.2, 0.25) is 0 Å². The Hall–Kier alpha value is -3.40. The molecule has 0 spiro atoms. The number of imidazole rings is 1. The fourth-order valence-corrected chi connectivity index (χ4v) is 6.18. The van der Waals surface area contributed by atoms with Crippen molar-refractivity contribution in [3.8, 4) is 11.3 Å². The average Bonchev–Trinajstić information content (AvgIpc) is 3.57. The highest BCUT2D eigenvalue weighted by molar-refractivity contribution is 7.80. The predicted octanol–water partition coefficient (Wildman–Crippen LogP) is 4.23. The Balaban J connectivity index is 1.27. The SMILES string of the molecule is CN1Cc2nc(Nc3ccc(-c4cnc5cc(F)ccn45)c4c3C(=S)NC4)ccc2[C@@H]2COC[C@H]2C1. The molecular formula is C27H25FN6OS. The summed E-state index contributed by atoms with van der Waals surface area (Å²) in [6, 6.07) is 11.3. The number of hydrogen-bond acceptors (Lipinski definition) is 6. The summed E-state index contributed by atoms with van der Waals surface area (Å²) in [4.78, 5) is 12.5. The molecular weight excluding hydrogens is 475 g/mol. The van der Waals surface area contributed by atoms with Gasteiger partial charge < -0.3 is 20.3 Å². The molecule has 0 aliphatic carbocycles. The first-order valence-corrected chi connectivity index (χ1v) is 12.6. The van der Waals surface area contributed by atoms with E-state index in [-0.39, 0.29) is 5.82 Å². The maximum atomic E-state index is 13.7. The molecule has 6 heterocycles. The molecule has 7 rings (SSSR count). The molecule has 0 unspecified atom stereocenters. The monoisotopic (exact) mass is 500 g/mol. The van der Waals surface area contributed by atoms with E-state index in [0.717, 1.165) is 65.9 Å². The molecule has 0 saturated carbocycles. The third-order valence-electron chi connectivity index (χ3n) is 7.55. The summed E-state index contributed by atoms with van der Waals surface area (Å²) in [5.74, 6) is 1.43. The molecule has 1 fully saturated rings. The minimum atomic E-state index is -0.303. The highest BCUT2D eigenvalue weighted by Crippen LogP contribution is 2.38. The van der Waals surface area contributed by atoms with E-state index in [9.17, 15) is 4.39 Å². The van der Waals surface area contributed by atoms with Crippen LogP contribution < -0.4 is 10.6 Å². The Labute approximate surface area is 213 Å². The molecule has 9 heteroatoms. The Bertz CT molecular complexity index is 1530. The number of ether oxygens (including phenoxy) is 1. The van der Waals surface area contributed by atoms with Crippen LogP contribution in [-0.4, -0.2) is 51.1 Å². The second kappa shape index (κ2) is 8.33. The number of pyridine rings is 2. The third-order valence-corrected chi connectivity index (χ3v) is 7.90. The van der Waals surface area contributed by atoms with Crippen molar-refractivity contribution in [1.82, 2.24) is 24.6 Å². The van der Waals surface area contributed by atoms with Gasteiger partial charge in [0.15, 0.2) is 0 Å². The maximum absolute atomic E-state index is 13.7. The van der Waals surface area contributed by atoms with Gasteiger partial charge in [-0.3, -0.25) is 4.40 Å². The normalized spacial score (nSPS) is 21.1. The largest absolute Gasteiger partial charge is 0.380 e. The van der Waals surface area contributed by atoms with Gasteiger partial charge in [0.05, 0.1) is 36.5 Å². The van der Waals surface area contributed by atoms with E-state index in [0.29, 0.717) is 29.0 Å². The Morgan fingerprint density at radius 2 is 2.11 bits per heavy atom. The number of nitrogens with zero attached hydrogens (tertiary/aromatic N) is 4. The lowest BCUT2D eigenvalue weighted by Crippen LogP contribution is -2.25. The summed E-state index contributed by atoms with van der Waals surface area (Å²) in [6.07, 6.45) is 3.49. The molecule has 0 amide bonds. The zero-order valence-electron chi connectivity index (χ0n) is 19.8. The molecule has 1 aromatic carbocycles. The first-order chi connectivity index (χ1) is 17.5. The molecule has 4 aromatic rings. The Kier molecular flexibility index (Phi) is 5.06. The molecule has 36 heavy (non-hydrogen) atoms. The molecule has 3 aromatic heterocycles. The van der Waals surface area contributed by atoms with Crippen molar-refractivity contribution in [2.75, 3.05) is 32.1 Å². The lowest BCUT2D eigenvalue weighted by molar-refractivity contribution is 0.171. The maximum Gasteiger partial charge on any atom is 0.140 e. The molecule has 0 bridgehead atoms. The summed E-state index contributed by atoms with van der Waals surface area (Å²) in [6.45, 7) is 4.06. The molecule has 2 atom stereocenters. The van der Waals surface area contributed by atoms with Crippen LogP contribution in [0.3, 0.4) is 0 Å². The summed E-state index contributed by atoms with van der Waals surface area (Å²) < 4.78 is 21.4. The number of aromatic nitrogens is 3. The van der Waals surface area contributed by atoms with Gasteiger partial charge in [-0.1, -0.05) is 24.4 Å². The van der Waals surface area contributed by atoms with E-state index in [1.807, 2.05) is 10.5 Å². The van der Waals surface area contributed by atoms with Crippen LogP contribution >= 0.6 is 12.2 Å². The quantitative estimate of drug-likeness (QED) is 0.408. The second-order valence-corrected chi connectivity index (χ2v) is 10.3. The van der Waals surface area contributed by atoms with Crippen LogP contribution in [0.5, 0.6) is 0 Å². The number of rotatable bonds is 3. The van der Waals surface area contributed by atoms with E-state index in [1.54, 1.807) is 12.4 Å². The van der Waals surface area contributed by atoms with Crippen molar-refractivity contribution in [1.29, 1.82) is 0 Å². The number of thiocarbonyl (C=S) groups is 1. The van der Waals surface area contributed by atoms with Crippen LogP contribution in [0.15, 0.2) is 48.8 Å². The zero-order valence-corrected chi connectivity index (χ0v) is 20.6. The highest BCUT2D eigenvalue weighted by atomic mass is 32.1. The minimum absolute atomic E-state index is 0.303. The van der Waals surface area contributed by atoms with Gasteiger partial charge >= 0.3 is 0 Å². The topological polar surface area (TPSA) is 66.7 Å². The first-order valence-electron chi connectivity index (χ1n) is 12.2. The number of anilines is 2. The van der Waals surface area contributed by atoms with Crippen LogP contribution in [0.4, 0.5) is 15.9 Å². The van der Waals surface area contributed by atoms with Crippen molar-refractivity contribution >= 4 is 34.4 Å². The Morgan fingerprint density at radius 3 is 3.03 bits per heavy atom. The van der Waals surface area contributed by atoms with Crippen molar-refractivity contribution in [3.05, 3.63) is 77.0 Å². The standard InChI is InChI=1S/C27H25FN6OS/c1-33-11-15-13-35-14-20(15)17-3-5-24(32-22(17)12-33)31-21-4-2-18(19-9-30-27(36)26(19)21)23-10-29-25-8-16(28)6-7-34(23)25/h2-8,10,15,20H,9,11-14H2,1H3,(H,30,36)(H,31,32)/t15-,20-/m1/s1. The lowest BCUT2D eigenvalue weighted by atomic mass is 9.89. The van der Waals surface area contributed by atoms with Crippen LogP contribution in [0, 0.1) is 11.7 Å². The van der Waals surface area contributed by atoms with Gasteiger partial charge in [0, 0.05) is 54.9 Å². The van der Waals surface area contributed by atoms with Crippen molar-refractivity contribution in [2.24, 2.45) is 5.92 Å². The molecule has 1 saturated heterocycles. The summed E-state index contributed by atoms with van der Waals surface area (Å²) in [7, 11) is 2.15. The van der Waals surface area contributed by atoms with Gasteiger partial charge in [-0.05, 0) is 36.4 Å². The van der Waals surface area contributed by atoms with Crippen LogP contribution in [0.25, 0.3) is 16.9 Å². The fraction of sp³-hybridized carbons (Fsp3) is 0.296. The molecule has 7 nitrogen and oxygen atoms in total. The van der Waals surface area contributed by atoms with Crippen molar-refractivity contribution in [3.63, 3.8) is 0 Å². The van der Waals surface area contributed by atoms with Gasteiger partial charge in [0.25, 0.3) is 0 Å². The highest BCUT2D eigenvalue weighted by Gasteiger charge is 2.35. The van der Waals surface area contributed by atoms with Gasteiger partial charge in [-0.15, -0.1) is 0 Å². The van der Waals surface area contributed by atoms with Crippen LogP contribution in [-0.2, 0) is 17.8 Å². The molecule has 0 radical (unpaired) electrons. The zero-order chi connectivity index (χ0) is 24.4. The first kappa shape index (κ1) is 21.8. The Morgan fingerprint density at radius 1 is 1.19 bits per heavy atom. The summed E-state index contributed by atoms with van der Waals surface area (Å²) in [5.41, 5.74) is 7.88. The second-order valence-electron chi connectivity index (χ2n) is 9.87. The fourth-order valence-electron chi connectivity index (χ4n) is 5.87. The number of nitrogens with one attached hydrogen (secondary N) is 2. The number of fused-ring (bicyclic) bond motifs is 5. The van der Waals surface area contributed by atoms with Gasteiger partial charge in [0.1, 0.15) is 22.3 Å². The summed E-state index contributed by atoms with van der Waals surface area (Å²) in [5, 5.41) is 6.86. The number of halogens is 1. The molecule has 3 aliphatic heterocycles. The van der Waals surface area contributed by atoms with E-state index < -0.39 is 0 Å². The van der Waals surface area contributed by atoms with Crippen molar-refractivity contribution < 1.29 is 9.13 Å². The minimum Gasteiger partial charge on any atom is -0.380 e. The predicted molar refractivity (Wildman–Crippen MR) is 140 cm³/mol. The van der Waals surface area contributed by atoms with Crippen LogP contribution in [0.2, 0.25) is 0 Å². The van der Waals surface area contributed by atoms with Crippen molar-refractivity contribution in [2.45, 2.75) is 19.0 Å². The average molecular weight is 501 g/mol.